The second-order valence-corrected chi connectivity index (χ2v) is 2.37. The Balaban J connectivity index is 2.36. The van der Waals surface area contributed by atoms with Crippen LogP contribution in [-0.4, -0.2) is 11.4 Å². The molecule has 0 saturated carbocycles. The molecule has 0 bridgehead atoms. The van der Waals surface area contributed by atoms with Crippen molar-refractivity contribution in [3.63, 3.8) is 0 Å². The average Bonchev–Trinajstić information content (AvgIpc) is 2.28. The lowest BCUT2D eigenvalue weighted by Crippen LogP contribution is -2.08. The molecule has 0 aromatic heterocycles. The zero-order valence-electron chi connectivity index (χ0n) is 5.70. The van der Waals surface area contributed by atoms with E-state index in [9.17, 15) is 0 Å². The van der Waals surface area contributed by atoms with Crippen LogP contribution < -0.4 is 0 Å². The first-order valence-corrected chi connectivity index (χ1v) is 3.45. The second-order valence-electron chi connectivity index (χ2n) is 2.37. The van der Waals surface area contributed by atoms with Gasteiger partial charge in [-0.1, -0.05) is 18.2 Å². The molecule has 50 valence electrons. The molecule has 10 heavy (non-hydrogen) atoms. The lowest BCUT2D eigenvalue weighted by Gasteiger charge is -2.11. The fraction of sp³-hybridized carbons (Fsp3) is 0.111. The highest BCUT2D eigenvalue weighted by Gasteiger charge is 2.06. The summed E-state index contributed by atoms with van der Waals surface area (Å²) in [6.07, 6.45) is 14.7. The molecule has 0 aromatic carbocycles. The fourth-order valence-corrected chi connectivity index (χ4v) is 1.16. The van der Waals surface area contributed by atoms with Crippen molar-refractivity contribution in [1.82, 2.24) is 4.90 Å². The van der Waals surface area contributed by atoms with Crippen LogP contribution in [0.15, 0.2) is 48.4 Å². The van der Waals surface area contributed by atoms with Crippen molar-refractivity contribution in [3.05, 3.63) is 48.4 Å². The first-order valence-electron chi connectivity index (χ1n) is 3.45. The molecule has 2 heterocycles. The molecule has 1 heteroatoms. The summed E-state index contributed by atoms with van der Waals surface area (Å²) in [5.41, 5.74) is 1.28. The van der Waals surface area contributed by atoms with Crippen molar-refractivity contribution in [2.45, 2.75) is 0 Å². The Morgan fingerprint density at radius 1 is 1.20 bits per heavy atom. The van der Waals surface area contributed by atoms with E-state index in [0.29, 0.717) is 0 Å². The number of nitrogens with zero attached hydrogens (tertiary/aromatic N) is 1. The molecule has 0 atom stereocenters. The molecule has 0 radical (unpaired) electrons. The average molecular weight is 131 g/mol. The van der Waals surface area contributed by atoms with E-state index in [1.807, 2.05) is 6.08 Å². The first kappa shape index (κ1) is 5.54. The molecule has 2 rings (SSSR count). The summed E-state index contributed by atoms with van der Waals surface area (Å²) in [5, 5.41) is 0. The lowest BCUT2D eigenvalue weighted by molar-refractivity contribution is 0.557. The van der Waals surface area contributed by atoms with Crippen LogP contribution in [0.4, 0.5) is 0 Å². The van der Waals surface area contributed by atoms with Gasteiger partial charge in [-0.3, -0.25) is 0 Å². The van der Waals surface area contributed by atoms with Gasteiger partial charge in [0.05, 0.1) is 0 Å². The van der Waals surface area contributed by atoms with Crippen LogP contribution in [-0.2, 0) is 0 Å². The van der Waals surface area contributed by atoms with Crippen molar-refractivity contribution in [2.24, 2.45) is 0 Å². The molecule has 0 fully saturated rings. The number of hydrogen-bond donors (Lipinski definition) is 0. The van der Waals surface area contributed by atoms with Crippen LogP contribution in [0, 0.1) is 0 Å². The maximum atomic E-state index is 2.21. The smallest absolute Gasteiger partial charge is 0.0409 e. The monoisotopic (exact) mass is 131 g/mol. The third-order valence-corrected chi connectivity index (χ3v) is 1.68. The van der Waals surface area contributed by atoms with Gasteiger partial charge in [-0.2, -0.15) is 0 Å². The summed E-state index contributed by atoms with van der Waals surface area (Å²) in [4.78, 5) is 2.21. The van der Waals surface area contributed by atoms with Crippen LogP contribution >= 0.6 is 0 Å². The number of rotatable bonds is 0. The maximum absolute atomic E-state index is 2.21. The molecule has 0 unspecified atom stereocenters. The minimum atomic E-state index is 1.02. The molecule has 1 nitrogen and oxygen atoms in total. The van der Waals surface area contributed by atoms with Gasteiger partial charge in [-0.05, 0) is 18.2 Å². The summed E-state index contributed by atoms with van der Waals surface area (Å²) in [5.74, 6) is 0. The number of hydrogen-bond acceptors (Lipinski definition) is 1. The van der Waals surface area contributed by atoms with Gasteiger partial charge < -0.3 is 4.90 Å². The van der Waals surface area contributed by atoms with Gasteiger partial charge >= 0.3 is 0 Å². The van der Waals surface area contributed by atoms with Crippen molar-refractivity contribution in [1.29, 1.82) is 0 Å². The Bertz CT molecular complexity index is 243. The molecule has 0 saturated heterocycles. The van der Waals surface area contributed by atoms with E-state index in [2.05, 4.69) is 41.5 Å². The third kappa shape index (κ3) is 0.798. The third-order valence-electron chi connectivity index (χ3n) is 1.68. The Labute approximate surface area is 60.6 Å². The van der Waals surface area contributed by atoms with Gasteiger partial charge in [-0.25, -0.2) is 0 Å². The second kappa shape index (κ2) is 2.18. The van der Waals surface area contributed by atoms with Crippen LogP contribution in [0.3, 0.4) is 0 Å². The molecule has 0 N–H and O–H groups in total. The highest BCUT2D eigenvalue weighted by atomic mass is 15.1. The van der Waals surface area contributed by atoms with Crippen molar-refractivity contribution >= 4 is 0 Å². The summed E-state index contributed by atoms with van der Waals surface area (Å²) >= 11 is 0. The van der Waals surface area contributed by atoms with Gasteiger partial charge in [0.25, 0.3) is 0 Å². The van der Waals surface area contributed by atoms with Gasteiger partial charge in [0.1, 0.15) is 0 Å². The topological polar surface area (TPSA) is 3.24 Å². The molecular weight excluding hydrogens is 122 g/mol. The predicted octanol–water partition coefficient (Wildman–Crippen LogP) is 1.83. The zero-order valence-corrected chi connectivity index (χ0v) is 5.70. The van der Waals surface area contributed by atoms with Gasteiger partial charge in [0.2, 0.25) is 0 Å². The highest BCUT2D eigenvalue weighted by Crippen LogP contribution is 2.15. The molecule has 0 spiro atoms. The van der Waals surface area contributed by atoms with Crippen molar-refractivity contribution in [2.75, 3.05) is 6.54 Å². The normalized spacial score (nSPS) is 20.8. The molecule has 2 aliphatic rings. The fourth-order valence-electron chi connectivity index (χ4n) is 1.16. The van der Waals surface area contributed by atoms with E-state index in [0.717, 1.165) is 6.54 Å². The number of allylic oxidation sites excluding steroid dienone is 5. The molecule has 0 amide bonds. The van der Waals surface area contributed by atoms with E-state index >= 15 is 0 Å². The molecule has 2 aliphatic heterocycles. The van der Waals surface area contributed by atoms with E-state index in [4.69, 9.17) is 0 Å². The lowest BCUT2D eigenvalue weighted by atomic mass is 10.4. The Morgan fingerprint density at radius 2 is 2.20 bits per heavy atom. The Kier molecular flexibility index (Phi) is 1.21. The quantitative estimate of drug-likeness (QED) is 0.484. The van der Waals surface area contributed by atoms with E-state index in [1.165, 1.54) is 5.70 Å². The first-order chi connectivity index (χ1) is 4.97. The van der Waals surface area contributed by atoms with Gasteiger partial charge in [0, 0.05) is 18.4 Å². The molecule has 0 aliphatic carbocycles. The summed E-state index contributed by atoms with van der Waals surface area (Å²) in [6, 6.07) is 0. The van der Waals surface area contributed by atoms with E-state index in [-0.39, 0.29) is 0 Å². The van der Waals surface area contributed by atoms with E-state index < -0.39 is 0 Å². The van der Waals surface area contributed by atoms with Crippen LogP contribution in [0.2, 0.25) is 0 Å². The minimum Gasteiger partial charge on any atom is -0.344 e. The van der Waals surface area contributed by atoms with Crippen LogP contribution in [0.25, 0.3) is 0 Å². The maximum Gasteiger partial charge on any atom is 0.0409 e. The SMILES string of the molecule is C1=CC=C2C=CCN2C=C1. The largest absolute Gasteiger partial charge is 0.344 e. The molecular formula is C9H9N. The number of fused-ring (bicyclic) bond motifs is 1. The Hall–Kier alpha value is -1.24. The minimum absolute atomic E-state index is 1.02. The molecule has 0 aromatic rings. The zero-order chi connectivity index (χ0) is 6.81. The highest BCUT2D eigenvalue weighted by molar-refractivity contribution is 5.33. The Morgan fingerprint density at radius 3 is 3.20 bits per heavy atom. The van der Waals surface area contributed by atoms with Crippen molar-refractivity contribution < 1.29 is 0 Å². The summed E-state index contributed by atoms with van der Waals surface area (Å²) in [7, 11) is 0. The summed E-state index contributed by atoms with van der Waals surface area (Å²) in [6.45, 7) is 1.02. The predicted molar refractivity (Wildman–Crippen MR) is 42.2 cm³/mol. The van der Waals surface area contributed by atoms with Crippen LogP contribution in [0.5, 0.6) is 0 Å². The van der Waals surface area contributed by atoms with Gasteiger partial charge in [-0.15, -0.1) is 0 Å². The standard InChI is InChI=1S/C9H9N/c1-2-5-9-6-4-8-10(9)7-3-1/h1-7H,8H2. The summed E-state index contributed by atoms with van der Waals surface area (Å²) < 4.78 is 0. The van der Waals surface area contributed by atoms with E-state index in [1.54, 1.807) is 0 Å². The van der Waals surface area contributed by atoms with Crippen LogP contribution in [0.1, 0.15) is 0 Å². The van der Waals surface area contributed by atoms with Gasteiger partial charge in [0.15, 0.2) is 0 Å². The van der Waals surface area contributed by atoms with Crippen molar-refractivity contribution in [3.8, 4) is 0 Å².